The van der Waals surface area contributed by atoms with Crippen molar-refractivity contribution < 1.29 is 0 Å². The van der Waals surface area contributed by atoms with Gasteiger partial charge < -0.3 is 5.32 Å². The monoisotopic (exact) mass is 279 g/mol. The second-order valence-corrected chi connectivity index (χ2v) is 5.70. The van der Waals surface area contributed by atoms with Crippen LogP contribution in [0.2, 0.25) is 0 Å². The Morgan fingerprint density at radius 1 is 1.39 bits per heavy atom. The number of rotatable bonds is 2. The minimum absolute atomic E-state index is 0.513. The van der Waals surface area contributed by atoms with E-state index in [0.717, 1.165) is 23.7 Å². The zero-order valence-electron chi connectivity index (χ0n) is 9.77. The van der Waals surface area contributed by atoms with Crippen LogP contribution in [-0.4, -0.2) is 28.6 Å². The molecule has 0 saturated heterocycles. The van der Waals surface area contributed by atoms with Crippen LogP contribution in [0.1, 0.15) is 23.4 Å². The van der Waals surface area contributed by atoms with E-state index in [1.165, 1.54) is 23.4 Å². The van der Waals surface area contributed by atoms with Gasteiger partial charge in [0.25, 0.3) is 0 Å². The Morgan fingerprint density at radius 3 is 3.06 bits per heavy atom. The maximum absolute atomic E-state index is 4.90. The van der Waals surface area contributed by atoms with E-state index in [1.807, 2.05) is 0 Å². The molecule has 0 unspecified atom stereocenters. The van der Waals surface area contributed by atoms with Crippen LogP contribution in [0, 0.1) is 0 Å². The first-order chi connectivity index (χ1) is 8.81. The number of hydrogen-bond donors (Lipinski definition) is 2. The van der Waals surface area contributed by atoms with Crippen LogP contribution < -0.4 is 10.7 Å². The number of fused-ring (bicyclic) bond motifs is 1. The standard InChI is InChI=1S/C11H13N5S2/c17-10-12-5-7(6-13-10)15-16-11-14-8-3-1-2-4-9(8)18-11/h5H,1-4,6H2,(H,13,17)(H,14,16)/b15-7+. The molecule has 1 aliphatic carbocycles. The molecule has 0 amide bonds. The lowest BCUT2D eigenvalue weighted by molar-refractivity contribution is 0.682. The van der Waals surface area contributed by atoms with Gasteiger partial charge in [-0.1, -0.05) is 0 Å². The fourth-order valence-corrected chi connectivity index (χ4v) is 3.10. The zero-order chi connectivity index (χ0) is 12.4. The van der Waals surface area contributed by atoms with Crippen LogP contribution in [0.4, 0.5) is 5.13 Å². The number of anilines is 1. The van der Waals surface area contributed by atoms with Crippen molar-refractivity contribution in [3.63, 3.8) is 0 Å². The third-order valence-corrected chi connectivity index (χ3v) is 4.20. The molecule has 0 aromatic carbocycles. The number of nitrogens with one attached hydrogen (secondary N) is 2. The molecule has 2 heterocycles. The summed E-state index contributed by atoms with van der Waals surface area (Å²) >= 11 is 6.60. The number of aliphatic imine (C=N–C) groups is 1. The first-order valence-electron chi connectivity index (χ1n) is 5.94. The minimum atomic E-state index is 0.513. The molecule has 94 valence electrons. The molecule has 0 saturated carbocycles. The third-order valence-electron chi connectivity index (χ3n) is 2.89. The van der Waals surface area contributed by atoms with E-state index >= 15 is 0 Å². The fraction of sp³-hybridized carbons (Fsp3) is 0.455. The topological polar surface area (TPSA) is 61.7 Å². The van der Waals surface area contributed by atoms with Crippen molar-refractivity contribution in [1.82, 2.24) is 10.3 Å². The summed E-state index contributed by atoms with van der Waals surface area (Å²) in [6.07, 6.45) is 6.46. The van der Waals surface area contributed by atoms with E-state index in [9.17, 15) is 0 Å². The summed E-state index contributed by atoms with van der Waals surface area (Å²) in [5.41, 5.74) is 5.08. The molecule has 0 spiro atoms. The predicted octanol–water partition coefficient (Wildman–Crippen LogP) is 1.75. The summed E-state index contributed by atoms with van der Waals surface area (Å²) in [4.78, 5) is 9.96. The number of hydrazone groups is 1. The Kier molecular flexibility index (Phi) is 3.33. The smallest absolute Gasteiger partial charge is 0.203 e. The van der Waals surface area contributed by atoms with Crippen LogP contribution in [0.15, 0.2) is 10.1 Å². The van der Waals surface area contributed by atoms with E-state index in [4.69, 9.17) is 12.2 Å². The van der Waals surface area contributed by atoms with Crippen LogP contribution in [0.5, 0.6) is 0 Å². The van der Waals surface area contributed by atoms with Gasteiger partial charge in [0.15, 0.2) is 5.11 Å². The molecular formula is C11H13N5S2. The van der Waals surface area contributed by atoms with Gasteiger partial charge in [0.1, 0.15) is 0 Å². The molecule has 1 aliphatic heterocycles. The molecule has 3 rings (SSSR count). The van der Waals surface area contributed by atoms with Crippen molar-refractivity contribution in [3.05, 3.63) is 10.6 Å². The first-order valence-corrected chi connectivity index (χ1v) is 7.17. The molecule has 2 N–H and O–H groups in total. The van der Waals surface area contributed by atoms with Crippen molar-refractivity contribution in [2.75, 3.05) is 12.0 Å². The molecular weight excluding hydrogens is 266 g/mol. The SMILES string of the molecule is S=C1N=C/C(=N\Nc2nc3c(s2)CCCC3)CN1. The van der Waals surface area contributed by atoms with E-state index < -0.39 is 0 Å². The number of hydrogen-bond acceptors (Lipinski definition) is 5. The van der Waals surface area contributed by atoms with Gasteiger partial charge in [-0.15, -0.1) is 11.3 Å². The summed E-state index contributed by atoms with van der Waals surface area (Å²) in [5.74, 6) is 0. The summed E-state index contributed by atoms with van der Waals surface area (Å²) in [6.45, 7) is 0.612. The molecule has 18 heavy (non-hydrogen) atoms. The number of aryl methyl sites for hydroxylation is 2. The van der Waals surface area contributed by atoms with Gasteiger partial charge in [0.05, 0.1) is 24.2 Å². The molecule has 0 bridgehead atoms. The summed E-state index contributed by atoms with van der Waals surface area (Å²) < 4.78 is 0. The maximum Gasteiger partial charge on any atom is 0.203 e. The highest BCUT2D eigenvalue weighted by Crippen LogP contribution is 2.29. The first kappa shape index (κ1) is 11.7. The molecule has 1 aromatic heterocycles. The quantitative estimate of drug-likeness (QED) is 0.639. The van der Waals surface area contributed by atoms with Crippen LogP contribution in [-0.2, 0) is 12.8 Å². The number of thiocarbonyl (C=S) groups is 1. The summed E-state index contributed by atoms with van der Waals surface area (Å²) in [6, 6.07) is 0. The van der Waals surface area contributed by atoms with E-state index in [1.54, 1.807) is 17.6 Å². The molecule has 0 atom stereocenters. The van der Waals surface area contributed by atoms with Gasteiger partial charge in [-0.25, -0.2) is 9.98 Å². The average molecular weight is 279 g/mol. The second kappa shape index (κ2) is 5.11. The minimum Gasteiger partial charge on any atom is -0.355 e. The molecule has 0 radical (unpaired) electrons. The molecule has 7 heteroatoms. The van der Waals surface area contributed by atoms with Crippen LogP contribution in [0.3, 0.4) is 0 Å². The van der Waals surface area contributed by atoms with Crippen molar-refractivity contribution in [2.24, 2.45) is 10.1 Å². The lowest BCUT2D eigenvalue weighted by atomic mass is 10.0. The predicted molar refractivity (Wildman–Crippen MR) is 78.9 cm³/mol. The Balaban J connectivity index is 1.69. The maximum atomic E-state index is 4.90. The second-order valence-electron chi connectivity index (χ2n) is 4.23. The average Bonchev–Trinajstić information content (AvgIpc) is 2.81. The Labute approximate surface area is 114 Å². The number of aromatic nitrogens is 1. The highest BCUT2D eigenvalue weighted by Gasteiger charge is 2.14. The Hall–Kier alpha value is -1.34. The van der Waals surface area contributed by atoms with Gasteiger partial charge in [-0.05, 0) is 37.9 Å². The number of nitrogens with zero attached hydrogens (tertiary/aromatic N) is 3. The number of thiazole rings is 1. The van der Waals surface area contributed by atoms with E-state index in [2.05, 4.69) is 25.8 Å². The zero-order valence-corrected chi connectivity index (χ0v) is 11.4. The van der Waals surface area contributed by atoms with Gasteiger partial charge in [-0.2, -0.15) is 5.10 Å². The summed E-state index contributed by atoms with van der Waals surface area (Å²) in [7, 11) is 0. The van der Waals surface area contributed by atoms with E-state index in [-0.39, 0.29) is 0 Å². The fourth-order valence-electron chi connectivity index (χ4n) is 1.98. The van der Waals surface area contributed by atoms with Gasteiger partial charge in [-0.3, -0.25) is 5.43 Å². The highest BCUT2D eigenvalue weighted by molar-refractivity contribution is 7.80. The van der Waals surface area contributed by atoms with Crippen molar-refractivity contribution >= 4 is 45.7 Å². The molecule has 5 nitrogen and oxygen atoms in total. The van der Waals surface area contributed by atoms with Crippen molar-refractivity contribution in [2.45, 2.75) is 25.7 Å². The van der Waals surface area contributed by atoms with Crippen molar-refractivity contribution in [1.29, 1.82) is 0 Å². The van der Waals surface area contributed by atoms with Gasteiger partial charge in [0, 0.05) is 4.88 Å². The highest BCUT2D eigenvalue weighted by atomic mass is 32.1. The Bertz CT molecular complexity index is 508. The van der Waals surface area contributed by atoms with Crippen LogP contribution in [0.25, 0.3) is 0 Å². The van der Waals surface area contributed by atoms with Gasteiger partial charge in [0.2, 0.25) is 5.13 Å². The molecule has 2 aliphatic rings. The van der Waals surface area contributed by atoms with Gasteiger partial charge >= 0.3 is 0 Å². The lowest BCUT2D eigenvalue weighted by Gasteiger charge is -2.08. The molecule has 0 fully saturated rings. The normalized spacial score (nSPS) is 20.7. The lowest BCUT2D eigenvalue weighted by Crippen LogP contribution is -2.33. The van der Waals surface area contributed by atoms with Crippen LogP contribution >= 0.6 is 23.6 Å². The largest absolute Gasteiger partial charge is 0.355 e. The third kappa shape index (κ3) is 2.56. The summed E-state index contributed by atoms with van der Waals surface area (Å²) in [5, 5.41) is 8.62. The van der Waals surface area contributed by atoms with Crippen molar-refractivity contribution in [3.8, 4) is 0 Å². The Morgan fingerprint density at radius 2 is 2.28 bits per heavy atom. The van der Waals surface area contributed by atoms with E-state index in [0.29, 0.717) is 11.7 Å². The molecule has 1 aromatic rings.